The molecule has 0 aliphatic rings. The number of amides is 1. The molecule has 7 heteroatoms. The molecule has 0 aliphatic carbocycles. The van der Waals surface area contributed by atoms with E-state index in [9.17, 15) is 9.59 Å². The molecule has 0 heterocycles. The Morgan fingerprint density at radius 2 is 2.00 bits per heavy atom. The van der Waals surface area contributed by atoms with Crippen molar-refractivity contribution < 1.29 is 14.7 Å². The fourth-order valence-electron chi connectivity index (χ4n) is 1.78. The van der Waals surface area contributed by atoms with Crippen molar-refractivity contribution >= 4 is 40.4 Å². The van der Waals surface area contributed by atoms with Crippen molar-refractivity contribution in [2.45, 2.75) is 32.9 Å². The summed E-state index contributed by atoms with van der Waals surface area (Å²) in [4.78, 5) is 22.1. The van der Waals surface area contributed by atoms with E-state index in [1.54, 1.807) is 0 Å². The number of aliphatic carboxylic acids is 1. The summed E-state index contributed by atoms with van der Waals surface area (Å²) in [5.41, 5.74) is 7.36. The average Bonchev–Trinajstić information content (AvgIpc) is 2.45. The van der Waals surface area contributed by atoms with Crippen LogP contribution in [0.3, 0.4) is 0 Å². The second kappa shape index (κ2) is 9.20. The fourth-order valence-corrected chi connectivity index (χ4v) is 6.12. The predicted octanol–water partition coefficient (Wildman–Crippen LogP) is 0.909. The zero-order valence-corrected chi connectivity index (χ0v) is 15.4. The minimum absolute atomic E-state index is 0.0238. The van der Waals surface area contributed by atoms with Gasteiger partial charge in [-0.1, -0.05) is 0 Å². The van der Waals surface area contributed by atoms with Crippen molar-refractivity contribution in [3.63, 3.8) is 0 Å². The first-order valence-corrected chi connectivity index (χ1v) is 10.8. The number of carboxylic acid groups (broad SMARTS) is 1. The minimum atomic E-state index is -1.01. The monoisotopic (exact) mass is 390 g/mol. The van der Waals surface area contributed by atoms with Gasteiger partial charge in [0.1, 0.15) is 0 Å². The van der Waals surface area contributed by atoms with Crippen LogP contribution >= 0.6 is 10.2 Å². The number of hydrogen-bond donors (Lipinski definition) is 3. The van der Waals surface area contributed by atoms with Crippen LogP contribution in [-0.4, -0.2) is 42.6 Å². The average molecular weight is 389 g/mol. The Morgan fingerprint density at radius 1 is 1.36 bits per heavy atom. The molecule has 1 unspecified atom stereocenters. The van der Waals surface area contributed by atoms with Gasteiger partial charge in [-0.05, 0) is 0 Å². The summed E-state index contributed by atoms with van der Waals surface area (Å²) in [6.45, 7) is 5.49. The molecule has 0 bridgehead atoms. The van der Waals surface area contributed by atoms with Gasteiger partial charge in [-0.15, -0.1) is 0 Å². The number of carboxylic acids is 1. The van der Waals surface area contributed by atoms with Gasteiger partial charge in [0, 0.05) is 0 Å². The second-order valence-electron chi connectivity index (χ2n) is 5.27. The van der Waals surface area contributed by atoms with Crippen LogP contribution in [0.2, 0.25) is 0 Å². The zero-order valence-electron chi connectivity index (χ0n) is 12.9. The molecule has 1 amide bonds. The van der Waals surface area contributed by atoms with Crippen molar-refractivity contribution in [3.05, 3.63) is 29.8 Å². The fraction of sp³-hybridized carbons (Fsp3) is 0.467. The molecule has 0 aliphatic heterocycles. The SMILES string of the molecule is CC(=O)N[C@@H](CS[Se]c1ccccc1C(N)C(C)C)C(=O)O. The Morgan fingerprint density at radius 3 is 2.55 bits per heavy atom. The first kappa shape index (κ1) is 19.0. The first-order chi connectivity index (χ1) is 10.3. The van der Waals surface area contributed by atoms with Crippen LogP contribution in [0.15, 0.2) is 24.3 Å². The Balaban J connectivity index is 2.68. The summed E-state index contributed by atoms with van der Waals surface area (Å²) in [5, 5.41) is 11.5. The number of carbonyl (C=O) groups is 2. The molecule has 0 radical (unpaired) electrons. The number of nitrogens with one attached hydrogen (secondary N) is 1. The third-order valence-electron chi connectivity index (χ3n) is 3.06. The van der Waals surface area contributed by atoms with Crippen LogP contribution in [0.1, 0.15) is 32.4 Å². The summed E-state index contributed by atoms with van der Waals surface area (Å²) in [5.74, 6) is -0.651. The van der Waals surface area contributed by atoms with E-state index in [-0.39, 0.29) is 25.8 Å². The molecule has 122 valence electrons. The number of hydrogen-bond acceptors (Lipinski definition) is 4. The Hall–Kier alpha value is -1.01. The standard InChI is InChI=1S/C15H22N2O3SSe/c1-9(2)14(16)11-6-4-5-7-13(11)22-21-8-12(15(19)20)17-10(3)18/h4-7,9,12,14H,8,16H2,1-3H3,(H,17,18)(H,19,20)/t12-,14?/m0/s1. The van der Waals surface area contributed by atoms with Gasteiger partial charge in [0.05, 0.1) is 0 Å². The van der Waals surface area contributed by atoms with Gasteiger partial charge >= 0.3 is 140 Å². The molecule has 5 nitrogen and oxygen atoms in total. The van der Waals surface area contributed by atoms with Crippen LogP contribution in [0.5, 0.6) is 0 Å². The first-order valence-electron chi connectivity index (χ1n) is 6.96. The summed E-state index contributed by atoms with van der Waals surface area (Å²) in [6.07, 6.45) is 0. The molecule has 0 fully saturated rings. The van der Waals surface area contributed by atoms with E-state index in [0.717, 1.165) is 5.56 Å². The third kappa shape index (κ3) is 6.01. The van der Waals surface area contributed by atoms with E-state index in [0.29, 0.717) is 11.7 Å². The molecular formula is C15H22N2O3SSe. The van der Waals surface area contributed by atoms with Gasteiger partial charge in [-0.3, -0.25) is 0 Å². The molecule has 0 spiro atoms. The molecule has 0 saturated carbocycles. The quantitative estimate of drug-likeness (QED) is 0.575. The van der Waals surface area contributed by atoms with E-state index in [4.69, 9.17) is 10.8 Å². The number of rotatable bonds is 8. The Bertz CT molecular complexity index is 525. The van der Waals surface area contributed by atoms with Crippen LogP contribution in [0.25, 0.3) is 0 Å². The molecule has 0 aromatic heterocycles. The van der Waals surface area contributed by atoms with E-state index in [1.165, 1.54) is 21.6 Å². The van der Waals surface area contributed by atoms with E-state index in [1.807, 2.05) is 24.3 Å². The van der Waals surface area contributed by atoms with Crippen molar-refractivity contribution in [2.75, 3.05) is 5.75 Å². The van der Waals surface area contributed by atoms with Crippen LogP contribution in [0.4, 0.5) is 0 Å². The van der Waals surface area contributed by atoms with Crippen molar-refractivity contribution in [1.29, 1.82) is 0 Å². The van der Waals surface area contributed by atoms with Gasteiger partial charge < -0.3 is 0 Å². The molecule has 1 rings (SSSR count). The van der Waals surface area contributed by atoms with E-state index >= 15 is 0 Å². The molecule has 4 N–H and O–H groups in total. The van der Waals surface area contributed by atoms with Crippen LogP contribution < -0.4 is 15.5 Å². The van der Waals surface area contributed by atoms with Gasteiger partial charge in [0.25, 0.3) is 0 Å². The molecule has 2 atom stereocenters. The normalized spacial score (nSPS) is 13.7. The van der Waals surface area contributed by atoms with Gasteiger partial charge in [0.15, 0.2) is 0 Å². The summed E-state index contributed by atoms with van der Waals surface area (Å²) < 4.78 is 1.17. The second-order valence-corrected chi connectivity index (χ2v) is 9.46. The summed E-state index contributed by atoms with van der Waals surface area (Å²) in [7, 11) is 1.54. The van der Waals surface area contributed by atoms with Crippen molar-refractivity contribution in [3.8, 4) is 0 Å². The van der Waals surface area contributed by atoms with Gasteiger partial charge in [0.2, 0.25) is 0 Å². The number of benzene rings is 1. The molecule has 1 aromatic rings. The van der Waals surface area contributed by atoms with E-state index in [2.05, 4.69) is 19.2 Å². The summed E-state index contributed by atoms with van der Waals surface area (Å²) >= 11 is 0.0509. The zero-order chi connectivity index (χ0) is 16.7. The van der Waals surface area contributed by atoms with Gasteiger partial charge in [-0.2, -0.15) is 0 Å². The molecule has 1 aromatic carbocycles. The topological polar surface area (TPSA) is 92.4 Å². The Kier molecular flexibility index (Phi) is 7.96. The molecule has 0 saturated heterocycles. The van der Waals surface area contributed by atoms with Crippen molar-refractivity contribution in [1.82, 2.24) is 5.32 Å². The van der Waals surface area contributed by atoms with Crippen LogP contribution in [0, 0.1) is 5.92 Å². The molecule has 22 heavy (non-hydrogen) atoms. The van der Waals surface area contributed by atoms with Crippen LogP contribution in [-0.2, 0) is 9.59 Å². The predicted molar refractivity (Wildman–Crippen MR) is 91.3 cm³/mol. The maximum absolute atomic E-state index is 11.1. The maximum atomic E-state index is 11.1. The molecular weight excluding hydrogens is 367 g/mol. The number of nitrogens with two attached hydrogens (primary N) is 1. The van der Waals surface area contributed by atoms with Gasteiger partial charge in [-0.25, -0.2) is 0 Å². The number of carbonyl (C=O) groups excluding carboxylic acids is 1. The third-order valence-corrected chi connectivity index (χ3v) is 7.33. The Labute approximate surface area is 140 Å². The van der Waals surface area contributed by atoms with E-state index < -0.39 is 12.0 Å². The van der Waals surface area contributed by atoms with Crippen molar-refractivity contribution in [2.24, 2.45) is 11.7 Å². The summed E-state index contributed by atoms with van der Waals surface area (Å²) in [6, 6.07) is 7.14.